The first kappa shape index (κ1) is 22.0. The first-order chi connectivity index (χ1) is 15.3. The molecule has 2 amide bonds. The first-order valence-corrected chi connectivity index (χ1v) is 9.05. The quantitative estimate of drug-likeness (QED) is 0.392. The second-order valence-corrected chi connectivity index (χ2v) is 6.50. The number of aromatic nitrogens is 1. The summed E-state index contributed by atoms with van der Waals surface area (Å²) < 4.78 is 27.4. The molecule has 0 aliphatic heterocycles. The highest BCUT2D eigenvalue weighted by molar-refractivity contribution is 6.12. The summed E-state index contributed by atoms with van der Waals surface area (Å²) in [6.45, 7) is 0. The van der Waals surface area contributed by atoms with Crippen LogP contribution in [0.1, 0.15) is 22.5 Å². The number of hydrogen-bond acceptors (Lipinski definition) is 5. The molecule has 3 rings (SSSR count). The van der Waals surface area contributed by atoms with Crippen molar-refractivity contribution < 1.29 is 28.3 Å². The summed E-state index contributed by atoms with van der Waals surface area (Å²) in [7, 11) is 0. The van der Waals surface area contributed by atoms with Crippen LogP contribution in [0.25, 0.3) is 11.1 Å². The molecule has 0 unspecified atom stereocenters. The molecule has 0 saturated carbocycles. The molecule has 0 atom stereocenters. The van der Waals surface area contributed by atoms with Gasteiger partial charge in [0.25, 0.3) is 0 Å². The number of nitrogens with zero attached hydrogens (tertiary/aromatic N) is 2. The predicted molar refractivity (Wildman–Crippen MR) is 110 cm³/mol. The maximum atomic E-state index is 14.2. The second-order valence-electron chi connectivity index (χ2n) is 6.50. The van der Waals surface area contributed by atoms with E-state index in [2.05, 4.69) is 15.6 Å². The van der Waals surface area contributed by atoms with Gasteiger partial charge in [-0.2, -0.15) is 5.26 Å². The molecule has 0 aliphatic carbocycles. The lowest BCUT2D eigenvalue weighted by molar-refractivity contribution is -0.115. The smallest absolute Gasteiger partial charge is 0.409 e. The third-order valence-electron chi connectivity index (χ3n) is 4.29. The minimum atomic E-state index is -1.40. The third kappa shape index (κ3) is 5.28. The lowest BCUT2D eigenvalue weighted by Crippen LogP contribution is -2.18. The standard InChI is InChI=1S/C22H14F2N4O4/c23-14-2-3-16(17(24)9-14)12-1-4-18(28-22(31)32)19(8-12)27-21(30)10-20(29)13-5-6-26-15(7-13)11-25/h1-9,28H,10H2,(H,27,30)(H,31,32). The maximum absolute atomic E-state index is 14.2. The van der Waals surface area contributed by atoms with E-state index in [1.54, 1.807) is 6.07 Å². The van der Waals surface area contributed by atoms with E-state index >= 15 is 0 Å². The van der Waals surface area contributed by atoms with Gasteiger partial charge in [-0.05, 0) is 42.0 Å². The van der Waals surface area contributed by atoms with Crippen LogP contribution in [-0.4, -0.2) is 27.9 Å². The summed E-state index contributed by atoms with van der Waals surface area (Å²) in [5.74, 6) is -2.97. The Hall–Kier alpha value is -4.65. The predicted octanol–water partition coefficient (Wildman–Crippen LogP) is 4.20. The Morgan fingerprint density at radius 3 is 2.47 bits per heavy atom. The topological polar surface area (TPSA) is 132 Å². The molecule has 32 heavy (non-hydrogen) atoms. The summed E-state index contributed by atoms with van der Waals surface area (Å²) in [4.78, 5) is 39.6. The van der Waals surface area contributed by atoms with Gasteiger partial charge in [-0.1, -0.05) is 6.07 Å². The van der Waals surface area contributed by atoms with Gasteiger partial charge in [0.05, 0.1) is 17.8 Å². The number of carbonyl (C=O) groups is 3. The van der Waals surface area contributed by atoms with Gasteiger partial charge in [-0.25, -0.2) is 18.6 Å². The zero-order valence-electron chi connectivity index (χ0n) is 16.2. The van der Waals surface area contributed by atoms with E-state index in [4.69, 9.17) is 10.4 Å². The molecule has 3 N–H and O–H groups in total. The summed E-state index contributed by atoms with van der Waals surface area (Å²) in [5, 5.41) is 22.4. The van der Waals surface area contributed by atoms with Crippen molar-refractivity contribution in [2.75, 3.05) is 10.6 Å². The summed E-state index contributed by atoms with van der Waals surface area (Å²) >= 11 is 0. The average molecular weight is 436 g/mol. The van der Waals surface area contributed by atoms with E-state index in [0.717, 1.165) is 6.07 Å². The van der Waals surface area contributed by atoms with Crippen molar-refractivity contribution in [3.63, 3.8) is 0 Å². The SMILES string of the molecule is N#Cc1cc(C(=O)CC(=O)Nc2cc(-c3ccc(F)cc3F)ccc2NC(=O)O)ccn1. The molecule has 0 aliphatic rings. The number of anilines is 2. The van der Waals surface area contributed by atoms with Gasteiger partial charge in [0, 0.05) is 23.4 Å². The first-order valence-electron chi connectivity index (χ1n) is 9.05. The maximum Gasteiger partial charge on any atom is 0.409 e. The fourth-order valence-electron chi connectivity index (χ4n) is 2.87. The molecule has 160 valence electrons. The van der Waals surface area contributed by atoms with Crippen LogP contribution in [0.3, 0.4) is 0 Å². The molecule has 0 saturated heterocycles. The zero-order valence-corrected chi connectivity index (χ0v) is 16.2. The number of nitrogens with one attached hydrogen (secondary N) is 2. The molecule has 1 aromatic heterocycles. The average Bonchev–Trinajstić information content (AvgIpc) is 2.74. The van der Waals surface area contributed by atoms with Crippen LogP contribution in [0.15, 0.2) is 54.7 Å². The van der Waals surface area contributed by atoms with Crippen LogP contribution in [0.5, 0.6) is 0 Å². The summed E-state index contributed by atoms with van der Waals surface area (Å²) in [6.07, 6.45) is -0.742. The molecule has 0 fully saturated rings. The fourth-order valence-corrected chi connectivity index (χ4v) is 2.87. The van der Waals surface area contributed by atoms with Crippen LogP contribution in [0, 0.1) is 23.0 Å². The number of benzene rings is 2. The fraction of sp³-hybridized carbons (Fsp3) is 0.0455. The van der Waals surface area contributed by atoms with Gasteiger partial charge in [0.15, 0.2) is 5.78 Å². The van der Waals surface area contributed by atoms with E-state index in [0.29, 0.717) is 6.07 Å². The Morgan fingerprint density at radius 2 is 1.78 bits per heavy atom. The number of carbonyl (C=O) groups excluding carboxylic acids is 2. The van der Waals surface area contributed by atoms with Crippen molar-refractivity contribution in [2.24, 2.45) is 0 Å². The molecule has 3 aromatic rings. The van der Waals surface area contributed by atoms with Crippen molar-refractivity contribution in [2.45, 2.75) is 6.42 Å². The minimum Gasteiger partial charge on any atom is -0.465 e. The van der Waals surface area contributed by atoms with E-state index < -0.39 is 35.8 Å². The molecule has 10 heteroatoms. The van der Waals surface area contributed by atoms with Crippen molar-refractivity contribution in [3.05, 3.63) is 77.6 Å². The highest BCUT2D eigenvalue weighted by Crippen LogP contribution is 2.31. The molecular formula is C22H14F2N4O4. The number of hydrogen-bond donors (Lipinski definition) is 3. The third-order valence-corrected chi connectivity index (χ3v) is 4.29. The molecular weight excluding hydrogens is 422 g/mol. The monoisotopic (exact) mass is 436 g/mol. The normalized spacial score (nSPS) is 10.2. The lowest BCUT2D eigenvalue weighted by Gasteiger charge is -2.13. The summed E-state index contributed by atoms with van der Waals surface area (Å²) in [6, 6.07) is 11.3. The number of carboxylic acid groups (broad SMARTS) is 1. The van der Waals surface area contributed by atoms with Crippen LogP contribution < -0.4 is 10.6 Å². The Morgan fingerprint density at radius 1 is 1.00 bits per heavy atom. The van der Waals surface area contributed by atoms with Gasteiger partial charge in [-0.15, -0.1) is 0 Å². The van der Waals surface area contributed by atoms with Crippen LogP contribution >= 0.6 is 0 Å². The van der Waals surface area contributed by atoms with Crippen molar-refractivity contribution in [1.29, 1.82) is 5.26 Å². The van der Waals surface area contributed by atoms with Crippen molar-refractivity contribution >= 4 is 29.2 Å². The van der Waals surface area contributed by atoms with E-state index in [1.807, 2.05) is 0 Å². The van der Waals surface area contributed by atoms with Gasteiger partial charge in [0.2, 0.25) is 5.91 Å². The number of Topliss-reactive ketones (excluding diaryl/α,β-unsaturated/α-hetero) is 1. The Balaban J connectivity index is 1.87. The number of amides is 2. The van der Waals surface area contributed by atoms with Gasteiger partial charge < -0.3 is 10.4 Å². The Bertz CT molecular complexity index is 1270. The molecule has 2 aromatic carbocycles. The highest BCUT2D eigenvalue weighted by atomic mass is 19.1. The van der Waals surface area contributed by atoms with Gasteiger partial charge >= 0.3 is 6.09 Å². The van der Waals surface area contributed by atoms with Gasteiger partial charge in [0.1, 0.15) is 23.4 Å². The Labute approximate surface area is 180 Å². The van der Waals surface area contributed by atoms with E-state index in [9.17, 15) is 23.2 Å². The molecule has 0 radical (unpaired) electrons. The lowest BCUT2D eigenvalue weighted by atomic mass is 10.0. The number of pyridine rings is 1. The van der Waals surface area contributed by atoms with Crippen LogP contribution in [0.2, 0.25) is 0 Å². The largest absolute Gasteiger partial charge is 0.465 e. The van der Waals surface area contributed by atoms with Crippen molar-refractivity contribution in [1.82, 2.24) is 4.98 Å². The van der Waals surface area contributed by atoms with E-state index in [1.165, 1.54) is 42.6 Å². The number of nitriles is 1. The highest BCUT2D eigenvalue weighted by Gasteiger charge is 2.17. The number of ketones is 1. The molecule has 0 bridgehead atoms. The Kier molecular flexibility index (Phi) is 6.50. The number of halogens is 2. The van der Waals surface area contributed by atoms with Crippen LogP contribution in [0.4, 0.5) is 25.0 Å². The molecule has 0 spiro atoms. The van der Waals surface area contributed by atoms with Gasteiger partial charge in [-0.3, -0.25) is 14.9 Å². The zero-order chi connectivity index (χ0) is 23.3. The summed E-state index contributed by atoms with van der Waals surface area (Å²) in [5.41, 5.74) is 0.351. The van der Waals surface area contributed by atoms with E-state index in [-0.39, 0.29) is 33.8 Å². The minimum absolute atomic E-state index is 0.0122. The van der Waals surface area contributed by atoms with Crippen LogP contribution in [-0.2, 0) is 4.79 Å². The second kappa shape index (κ2) is 9.44. The van der Waals surface area contributed by atoms with Crippen molar-refractivity contribution in [3.8, 4) is 17.2 Å². The number of rotatable bonds is 6. The molecule has 8 nitrogen and oxygen atoms in total. The molecule has 1 heterocycles.